The molecule has 1 aromatic rings. The first-order chi connectivity index (χ1) is 7.15. The number of hydrogen-bond donors (Lipinski definition) is 0. The highest BCUT2D eigenvalue weighted by Gasteiger charge is 2.20. The van der Waals surface area contributed by atoms with E-state index >= 15 is 0 Å². The third-order valence-electron chi connectivity index (χ3n) is 2.89. The highest BCUT2D eigenvalue weighted by molar-refractivity contribution is 9.10. The van der Waals surface area contributed by atoms with Crippen LogP contribution in [0, 0.1) is 6.92 Å². The van der Waals surface area contributed by atoms with Crippen molar-refractivity contribution in [2.24, 2.45) is 0 Å². The molecule has 15 heavy (non-hydrogen) atoms. The maximum absolute atomic E-state index is 4.47. The number of rotatable bonds is 1. The van der Waals surface area contributed by atoms with E-state index in [4.69, 9.17) is 0 Å². The number of halogens is 1. The van der Waals surface area contributed by atoms with Crippen molar-refractivity contribution in [2.75, 3.05) is 20.1 Å². The van der Waals surface area contributed by atoms with Gasteiger partial charge in [0.05, 0.1) is 0 Å². The summed E-state index contributed by atoms with van der Waals surface area (Å²) in [5, 5.41) is 0. The Morgan fingerprint density at radius 1 is 1.47 bits per heavy atom. The van der Waals surface area contributed by atoms with Crippen molar-refractivity contribution in [3.05, 3.63) is 22.2 Å². The van der Waals surface area contributed by atoms with E-state index in [0.29, 0.717) is 10.7 Å². The van der Waals surface area contributed by atoms with Gasteiger partial charge in [-0.05, 0) is 55.4 Å². The highest BCUT2D eigenvalue weighted by Crippen LogP contribution is 2.25. The molecule has 1 unspecified atom stereocenters. The number of aromatic nitrogens is 2. The van der Waals surface area contributed by atoms with Crippen LogP contribution in [0.4, 0.5) is 0 Å². The summed E-state index contributed by atoms with van der Waals surface area (Å²) in [6, 6.07) is 2.11. The monoisotopic (exact) mass is 269 g/mol. The van der Waals surface area contributed by atoms with Crippen LogP contribution in [0.15, 0.2) is 10.8 Å². The van der Waals surface area contributed by atoms with Crippen molar-refractivity contribution in [3.63, 3.8) is 0 Å². The molecule has 0 aliphatic carbocycles. The molecule has 2 heterocycles. The van der Waals surface area contributed by atoms with Crippen LogP contribution in [0.2, 0.25) is 0 Å². The number of aryl methyl sites for hydroxylation is 1. The zero-order chi connectivity index (χ0) is 10.8. The molecule has 1 fully saturated rings. The van der Waals surface area contributed by atoms with Gasteiger partial charge in [0.1, 0.15) is 0 Å². The molecule has 2 rings (SSSR count). The van der Waals surface area contributed by atoms with Crippen LogP contribution in [0.25, 0.3) is 0 Å². The maximum atomic E-state index is 4.47. The molecule has 0 amide bonds. The summed E-state index contributed by atoms with van der Waals surface area (Å²) in [5.41, 5.74) is 2.22. The Hall–Kier alpha value is -0.480. The lowest BCUT2D eigenvalue weighted by atomic mass is 9.94. The summed E-state index contributed by atoms with van der Waals surface area (Å²) in [7, 11) is 2.18. The highest BCUT2D eigenvalue weighted by atomic mass is 79.9. The Morgan fingerprint density at radius 2 is 2.27 bits per heavy atom. The smallest absolute Gasteiger partial charge is 0.197 e. The van der Waals surface area contributed by atoms with E-state index in [-0.39, 0.29) is 0 Å². The summed E-state index contributed by atoms with van der Waals surface area (Å²) in [5.74, 6) is 0.571. The number of likely N-dealkylation sites (N-methyl/N-ethyl adjacent to an activating group) is 1. The number of likely N-dealkylation sites (tertiary alicyclic amines) is 1. The fraction of sp³-hybridized carbons (Fsp3) is 0.636. The number of hydrogen-bond acceptors (Lipinski definition) is 3. The molecule has 1 aliphatic heterocycles. The van der Waals surface area contributed by atoms with Gasteiger partial charge < -0.3 is 4.90 Å². The largest absolute Gasteiger partial charge is 0.306 e. The topological polar surface area (TPSA) is 29.0 Å². The fourth-order valence-electron chi connectivity index (χ4n) is 2.17. The molecular formula is C11H16BrN3. The van der Waals surface area contributed by atoms with E-state index in [1.165, 1.54) is 25.1 Å². The Morgan fingerprint density at radius 3 is 2.93 bits per heavy atom. The first-order valence-electron chi connectivity index (χ1n) is 5.35. The SMILES string of the molecule is Cc1cc(C2CCCN(C)C2)nc(Br)n1. The van der Waals surface area contributed by atoms with Crippen LogP contribution in [0.5, 0.6) is 0 Å². The summed E-state index contributed by atoms with van der Waals surface area (Å²) in [6.07, 6.45) is 2.51. The lowest BCUT2D eigenvalue weighted by Gasteiger charge is -2.29. The maximum Gasteiger partial charge on any atom is 0.197 e. The summed E-state index contributed by atoms with van der Waals surface area (Å²) in [4.78, 5) is 11.1. The predicted octanol–water partition coefficient (Wildman–Crippen LogP) is 2.36. The van der Waals surface area contributed by atoms with Crippen LogP contribution in [-0.2, 0) is 0 Å². The van der Waals surface area contributed by atoms with Crippen LogP contribution in [0.1, 0.15) is 30.1 Å². The van der Waals surface area contributed by atoms with Crippen LogP contribution < -0.4 is 0 Å². The van der Waals surface area contributed by atoms with E-state index in [2.05, 4.69) is 43.9 Å². The molecule has 0 radical (unpaired) electrons. The first-order valence-corrected chi connectivity index (χ1v) is 6.14. The molecule has 1 aliphatic rings. The molecule has 3 nitrogen and oxygen atoms in total. The molecule has 0 N–H and O–H groups in total. The molecule has 4 heteroatoms. The Bertz CT molecular complexity index is 333. The second kappa shape index (κ2) is 4.58. The van der Waals surface area contributed by atoms with Gasteiger partial charge in [0.25, 0.3) is 0 Å². The number of nitrogens with zero attached hydrogens (tertiary/aromatic N) is 3. The molecule has 0 aromatic carbocycles. The van der Waals surface area contributed by atoms with Gasteiger partial charge in [0.15, 0.2) is 4.73 Å². The minimum absolute atomic E-state index is 0.571. The van der Waals surface area contributed by atoms with Crippen molar-refractivity contribution >= 4 is 15.9 Å². The normalized spacial score (nSPS) is 23.0. The Kier molecular flexibility index (Phi) is 3.36. The molecule has 0 saturated carbocycles. The van der Waals surface area contributed by atoms with Gasteiger partial charge in [-0.25, -0.2) is 9.97 Å². The third-order valence-corrected chi connectivity index (χ3v) is 3.24. The zero-order valence-corrected chi connectivity index (χ0v) is 10.8. The van der Waals surface area contributed by atoms with Crippen LogP contribution in [0.3, 0.4) is 0 Å². The van der Waals surface area contributed by atoms with Crippen molar-refractivity contribution in [2.45, 2.75) is 25.7 Å². The summed E-state index contributed by atoms with van der Waals surface area (Å²) >= 11 is 3.36. The molecule has 82 valence electrons. The quantitative estimate of drug-likeness (QED) is 0.733. The van der Waals surface area contributed by atoms with Crippen LogP contribution >= 0.6 is 15.9 Å². The zero-order valence-electron chi connectivity index (χ0n) is 9.20. The van der Waals surface area contributed by atoms with Gasteiger partial charge in [0, 0.05) is 23.9 Å². The van der Waals surface area contributed by atoms with Gasteiger partial charge in [0.2, 0.25) is 0 Å². The number of piperidine rings is 1. The fourth-order valence-corrected chi connectivity index (χ4v) is 2.66. The van der Waals surface area contributed by atoms with Crippen molar-refractivity contribution in [1.29, 1.82) is 0 Å². The van der Waals surface area contributed by atoms with Gasteiger partial charge in [-0.1, -0.05) is 0 Å². The second-order valence-corrected chi connectivity index (χ2v) is 5.01. The van der Waals surface area contributed by atoms with Gasteiger partial charge in [-0.15, -0.1) is 0 Å². The van der Waals surface area contributed by atoms with E-state index < -0.39 is 0 Å². The van der Waals surface area contributed by atoms with Crippen molar-refractivity contribution in [1.82, 2.24) is 14.9 Å². The molecule has 1 atom stereocenters. The van der Waals surface area contributed by atoms with Crippen molar-refractivity contribution in [3.8, 4) is 0 Å². The molecular weight excluding hydrogens is 254 g/mol. The minimum Gasteiger partial charge on any atom is -0.306 e. The van der Waals surface area contributed by atoms with E-state index in [9.17, 15) is 0 Å². The standard InChI is InChI=1S/C11H16BrN3/c1-8-6-10(14-11(12)13-8)9-4-3-5-15(2)7-9/h6,9H,3-5,7H2,1-2H3. The third kappa shape index (κ3) is 2.75. The lowest BCUT2D eigenvalue weighted by Crippen LogP contribution is -2.31. The average molecular weight is 270 g/mol. The molecule has 1 aromatic heterocycles. The first kappa shape index (κ1) is 11.0. The predicted molar refractivity (Wildman–Crippen MR) is 63.9 cm³/mol. The average Bonchev–Trinajstić information content (AvgIpc) is 2.16. The van der Waals surface area contributed by atoms with Gasteiger partial charge in [-0.3, -0.25) is 0 Å². The van der Waals surface area contributed by atoms with E-state index in [1.807, 2.05) is 6.92 Å². The van der Waals surface area contributed by atoms with Crippen LogP contribution in [-0.4, -0.2) is 35.0 Å². The van der Waals surface area contributed by atoms with Crippen molar-refractivity contribution < 1.29 is 0 Å². The Labute approximate surface area is 99.0 Å². The molecule has 0 bridgehead atoms. The van der Waals surface area contributed by atoms with Gasteiger partial charge in [-0.2, -0.15) is 0 Å². The lowest BCUT2D eigenvalue weighted by molar-refractivity contribution is 0.248. The van der Waals surface area contributed by atoms with E-state index in [0.717, 1.165) is 12.2 Å². The Balaban J connectivity index is 2.20. The van der Waals surface area contributed by atoms with Gasteiger partial charge >= 0.3 is 0 Å². The van der Waals surface area contributed by atoms with E-state index in [1.54, 1.807) is 0 Å². The minimum atomic E-state index is 0.571. The summed E-state index contributed by atoms with van der Waals surface area (Å²) < 4.78 is 0.714. The second-order valence-electron chi connectivity index (χ2n) is 4.30. The molecule has 0 spiro atoms. The summed E-state index contributed by atoms with van der Waals surface area (Å²) in [6.45, 7) is 4.34. The molecule has 1 saturated heterocycles.